The van der Waals surface area contributed by atoms with E-state index in [-0.39, 0.29) is 0 Å². The first-order valence-corrected chi connectivity index (χ1v) is 4.40. The highest BCUT2D eigenvalue weighted by molar-refractivity contribution is 5.57. The second-order valence-electron chi connectivity index (χ2n) is 2.98. The van der Waals surface area contributed by atoms with E-state index in [1.807, 2.05) is 30.3 Å². The van der Waals surface area contributed by atoms with E-state index in [2.05, 4.69) is 15.3 Å². The fraction of sp³-hybridized carbons (Fsp3) is 0. The summed E-state index contributed by atoms with van der Waals surface area (Å²) in [5.74, 6) is 0. The van der Waals surface area contributed by atoms with Crippen molar-refractivity contribution in [2.45, 2.75) is 0 Å². The fourth-order valence-corrected chi connectivity index (χ4v) is 1.18. The molecule has 5 nitrogen and oxygen atoms in total. The molecule has 0 saturated carbocycles. The maximum absolute atomic E-state index is 11.3. The molecule has 0 amide bonds. The molecule has 2 aromatic rings. The van der Waals surface area contributed by atoms with Gasteiger partial charge in [-0.15, -0.1) is 0 Å². The molecule has 0 spiro atoms. The van der Waals surface area contributed by atoms with Gasteiger partial charge in [-0.1, -0.05) is 18.2 Å². The molecule has 15 heavy (non-hydrogen) atoms. The minimum absolute atomic E-state index is 0.306. The summed E-state index contributed by atoms with van der Waals surface area (Å²) >= 11 is 0. The highest BCUT2D eigenvalue weighted by Crippen LogP contribution is 2.09. The lowest BCUT2D eigenvalue weighted by atomic mass is 10.3. The van der Waals surface area contributed by atoms with Crippen LogP contribution in [0.1, 0.15) is 0 Å². The van der Waals surface area contributed by atoms with Gasteiger partial charge in [0.05, 0.1) is 0 Å². The summed E-state index contributed by atoms with van der Waals surface area (Å²) < 4.78 is 0. The van der Waals surface area contributed by atoms with Crippen LogP contribution in [0.5, 0.6) is 0 Å². The number of rotatable bonds is 2. The molecule has 76 valence electrons. The largest absolute Gasteiger partial charge is 0.350 e. The first-order chi connectivity index (χ1) is 7.25. The van der Waals surface area contributed by atoms with Crippen molar-refractivity contribution in [3.05, 3.63) is 57.4 Å². The van der Waals surface area contributed by atoms with E-state index in [1.54, 1.807) is 0 Å². The lowest BCUT2D eigenvalue weighted by Gasteiger charge is -2.03. The number of para-hydroxylation sites is 1. The van der Waals surface area contributed by atoms with E-state index in [0.29, 0.717) is 5.69 Å². The molecule has 3 N–H and O–H groups in total. The summed E-state index contributed by atoms with van der Waals surface area (Å²) in [7, 11) is 0. The van der Waals surface area contributed by atoms with Crippen LogP contribution >= 0.6 is 0 Å². The minimum atomic E-state index is -0.515. The van der Waals surface area contributed by atoms with E-state index in [1.165, 1.54) is 6.20 Å². The number of hydrogen-bond donors (Lipinski definition) is 3. The molecule has 1 aromatic heterocycles. The van der Waals surface area contributed by atoms with E-state index >= 15 is 0 Å². The van der Waals surface area contributed by atoms with Crippen molar-refractivity contribution in [2.75, 3.05) is 5.32 Å². The normalized spacial score (nSPS) is 9.87. The molecule has 0 radical (unpaired) electrons. The summed E-state index contributed by atoms with van der Waals surface area (Å²) in [5.41, 5.74) is 0.136. The molecule has 5 heteroatoms. The number of aromatic nitrogens is 2. The van der Waals surface area contributed by atoms with Crippen LogP contribution in [0.4, 0.5) is 11.4 Å². The van der Waals surface area contributed by atoms with Crippen LogP contribution in [-0.2, 0) is 0 Å². The zero-order valence-electron chi connectivity index (χ0n) is 7.78. The predicted molar refractivity (Wildman–Crippen MR) is 57.4 cm³/mol. The number of benzene rings is 1. The minimum Gasteiger partial charge on any atom is -0.350 e. The molecular weight excluding hydrogens is 194 g/mol. The molecule has 0 bridgehead atoms. The molecule has 0 aliphatic heterocycles. The van der Waals surface area contributed by atoms with Crippen LogP contribution in [0.15, 0.2) is 46.1 Å². The van der Waals surface area contributed by atoms with E-state index in [4.69, 9.17) is 0 Å². The Balaban J connectivity index is 2.33. The first-order valence-electron chi connectivity index (χ1n) is 4.40. The topological polar surface area (TPSA) is 77.8 Å². The summed E-state index contributed by atoms with van der Waals surface area (Å²) in [6.07, 6.45) is 1.34. The van der Waals surface area contributed by atoms with E-state index < -0.39 is 11.2 Å². The molecule has 0 atom stereocenters. The molecule has 1 aromatic carbocycles. The van der Waals surface area contributed by atoms with Crippen molar-refractivity contribution in [3.63, 3.8) is 0 Å². The molecule has 0 unspecified atom stereocenters. The average molecular weight is 203 g/mol. The Hall–Kier alpha value is -2.30. The lowest BCUT2D eigenvalue weighted by Crippen LogP contribution is -2.23. The maximum atomic E-state index is 11.3. The van der Waals surface area contributed by atoms with Crippen molar-refractivity contribution < 1.29 is 0 Å². The third kappa shape index (κ3) is 2.14. The number of hydrogen-bond acceptors (Lipinski definition) is 3. The van der Waals surface area contributed by atoms with Gasteiger partial charge in [-0.25, -0.2) is 4.79 Å². The quantitative estimate of drug-likeness (QED) is 0.675. The van der Waals surface area contributed by atoms with E-state index in [0.717, 1.165) is 5.69 Å². The van der Waals surface area contributed by atoms with Gasteiger partial charge in [0.15, 0.2) is 0 Å². The van der Waals surface area contributed by atoms with Gasteiger partial charge in [-0.05, 0) is 12.1 Å². The Kier molecular flexibility index (Phi) is 2.37. The molecule has 0 saturated heterocycles. The zero-order valence-corrected chi connectivity index (χ0v) is 7.78. The van der Waals surface area contributed by atoms with Crippen molar-refractivity contribution >= 4 is 11.4 Å². The molecule has 0 fully saturated rings. The summed E-state index contributed by atoms with van der Waals surface area (Å²) in [4.78, 5) is 26.6. The fourth-order valence-electron chi connectivity index (χ4n) is 1.18. The Morgan fingerprint density at radius 3 is 2.47 bits per heavy atom. The standard InChI is InChI=1S/C10H9N3O2/c14-9-8(6-11-10(15)13-9)12-7-4-2-1-3-5-7/h1-6,12H,(H2,11,13,14,15). The van der Waals surface area contributed by atoms with E-state index in [9.17, 15) is 9.59 Å². The van der Waals surface area contributed by atoms with Gasteiger partial charge in [-0.3, -0.25) is 9.78 Å². The predicted octanol–water partition coefficient (Wildman–Crippen LogP) is 0.807. The van der Waals surface area contributed by atoms with Gasteiger partial charge in [0.1, 0.15) is 5.69 Å². The molecule has 0 aliphatic carbocycles. The Morgan fingerprint density at radius 1 is 1.07 bits per heavy atom. The first kappa shape index (κ1) is 9.26. The summed E-state index contributed by atoms with van der Waals surface area (Å²) in [6.45, 7) is 0. The second-order valence-corrected chi connectivity index (χ2v) is 2.98. The Morgan fingerprint density at radius 2 is 1.80 bits per heavy atom. The van der Waals surface area contributed by atoms with Crippen LogP contribution < -0.4 is 16.6 Å². The van der Waals surface area contributed by atoms with Crippen molar-refractivity contribution in [3.8, 4) is 0 Å². The summed E-state index contributed by atoms with van der Waals surface area (Å²) in [5, 5.41) is 2.89. The van der Waals surface area contributed by atoms with Gasteiger partial charge in [-0.2, -0.15) is 0 Å². The molecule has 0 aliphatic rings. The lowest BCUT2D eigenvalue weighted by molar-refractivity contribution is 1.04. The zero-order chi connectivity index (χ0) is 10.7. The van der Waals surface area contributed by atoms with Crippen LogP contribution in [-0.4, -0.2) is 9.97 Å². The third-order valence-corrected chi connectivity index (χ3v) is 1.87. The average Bonchev–Trinajstić information content (AvgIpc) is 2.24. The Bertz CT molecular complexity index is 557. The molecule has 1 heterocycles. The third-order valence-electron chi connectivity index (χ3n) is 1.87. The van der Waals surface area contributed by atoms with Crippen LogP contribution in [0.3, 0.4) is 0 Å². The van der Waals surface area contributed by atoms with Gasteiger partial charge in [0.25, 0.3) is 5.56 Å². The van der Waals surface area contributed by atoms with Crippen molar-refractivity contribution in [2.24, 2.45) is 0 Å². The maximum Gasteiger partial charge on any atom is 0.325 e. The highest BCUT2D eigenvalue weighted by atomic mass is 16.2. The highest BCUT2D eigenvalue weighted by Gasteiger charge is 1.99. The van der Waals surface area contributed by atoms with Gasteiger partial charge in [0, 0.05) is 11.9 Å². The summed E-state index contributed by atoms with van der Waals surface area (Å²) in [6, 6.07) is 9.22. The van der Waals surface area contributed by atoms with Crippen LogP contribution in [0.25, 0.3) is 0 Å². The van der Waals surface area contributed by atoms with Crippen molar-refractivity contribution in [1.29, 1.82) is 0 Å². The van der Waals surface area contributed by atoms with Crippen LogP contribution in [0, 0.1) is 0 Å². The number of aromatic amines is 2. The monoisotopic (exact) mass is 203 g/mol. The number of H-pyrrole nitrogens is 2. The van der Waals surface area contributed by atoms with Crippen molar-refractivity contribution in [1.82, 2.24) is 9.97 Å². The number of anilines is 2. The molecule has 2 rings (SSSR count). The molecular formula is C10H9N3O2. The van der Waals surface area contributed by atoms with Gasteiger partial charge >= 0.3 is 5.69 Å². The second kappa shape index (κ2) is 3.83. The SMILES string of the molecule is O=c1[nH]cc(Nc2ccccc2)c(=O)[nH]1. The Labute approximate surface area is 84.8 Å². The van der Waals surface area contributed by atoms with Gasteiger partial charge in [0.2, 0.25) is 0 Å². The van der Waals surface area contributed by atoms with Crippen LogP contribution in [0.2, 0.25) is 0 Å². The van der Waals surface area contributed by atoms with Gasteiger partial charge < -0.3 is 10.3 Å². The smallest absolute Gasteiger partial charge is 0.325 e. The number of nitrogens with one attached hydrogen (secondary N) is 3.